The van der Waals surface area contributed by atoms with E-state index < -0.39 is 23.3 Å². The number of halogens is 3. The number of aryl methyl sites for hydroxylation is 2. The van der Waals surface area contributed by atoms with E-state index in [1.54, 1.807) is 18.2 Å². The van der Waals surface area contributed by atoms with E-state index in [9.17, 15) is 23.1 Å². The van der Waals surface area contributed by atoms with E-state index in [2.05, 4.69) is 15.6 Å². The summed E-state index contributed by atoms with van der Waals surface area (Å²) < 4.78 is 41.2. The molecular formula is C29H32F3N3O2. The number of alkyl halides is 3. The van der Waals surface area contributed by atoms with E-state index in [4.69, 9.17) is 0 Å². The first kappa shape index (κ1) is 26.5. The highest BCUT2D eigenvalue weighted by molar-refractivity contribution is 5.90. The lowest BCUT2D eigenvalue weighted by molar-refractivity contribution is -0.137. The Morgan fingerprint density at radius 1 is 0.973 bits per heavy atom. The third-order valence-electron chi connectivity index (χ3n) is 7.28. The van der Waals surface area contributed by atoms with Gasteiger partial charge in [-0.25, -0.2) is 4.79 Å². The van der Waals surface area contributed by atoms with Gasteiger partial charge in [0.2, 0.25) is 0 Å². The van der Waals surface area contributed by atoms with Gasteiger partial charge in [0.25, 0.3) is 0 Å². The Bertz CT molecular complexity index is 1240. The zero-order chi connectivity index (χ0) is 26.6. The number of amides is 2. The van der Waals surface area contributed by atoms with Crippen LogP contribution in [0.5, 0.6) is 5.75 Å². The number of pyridine rings is 1. The molecule has 1 aliphatic carbocycles. The lowest BCUT2D eigenvalue weighted by Crippen LogP contribution is -2.50. The van der Waals surface area contributed by atoms with Crippen molar-refractivity contribution in [2.75, 3.05) is 5.32 Å². The Balaban J connectivity index is 1.81. The number of anilines is 1. The molecule has 1 unspecified atom stereocenters. The van der Waals surface area contributed by atoms with Gasteiger partial charge in [0.15, 0.2) is 0 Å². The van der Waals surface area contributed by atoms with Gasteiger partial charge in [-0.05, 0) is 79.3 Å². The summed E-state index contributed by atoms with van der Waals surface area (Å²) in [7, 11) is 0. The molecule has 3 N–H and O–H groups in total. The van der Waals surface area contributed by atoms with Crippen LogP contribution in [0.3, 0.4) is 0 Å². The number of carbonyl (C=O) groups is 1. The highest BCUT2D eigenvalue weighted by Gasteiger charge is 2.41. The Morgan fingerprint density at radius 2 is 1.70 bits per heavy atom. The van der Waals surface area contributed by atoms with Crippen molar-refractivity contribution >= 4 is 11.7 Å². The van der Waals surface area contributed by atoms with Crippen LogP contribution in [0.4, 0.5) is 23.7 Å². The molecule has 1 atom stereocenters. The first-order valence-corrected chi connectivity index (χ1v) is 12.6. The second-order valence-electron chi connectivity index (χ2n) is 9.97. The van der Waals surface area contributed by atoms with Gasteiger partial charge in [0, 0.05) is 5.69 Å². The number of urea groups is 1. The number of nitrogens with zero attached hydrogens (tertiary/aromatic N) is 1. The smallest absolute Gasteiger partial charge is 0.416 e. The van der Waals surface area contributed by atoms with Crippen LogP contribution in [0.1, 0.15) is 66.5 Å². The van der Waals surface area contributed by atoms with Crippen LogP contribution < -0.4 is 10.6 Å². The van der Waals surface area contributed by atoms with Crippen LogP contribution in [0, 0.1) is 19.8 Å². The summed E-state index contributed by atoms with van der Waals surface area (Å²) >= 11 is 0. The maximum absolute atomic E-state index is 13.7. The molecule has 1 saturated carbocycles. The molecule has 0 bridgehead atoms. The number of nitrogens with one attached hydrogen (secondary N) is 2. The molecule has 0 radical (unpaired) electrons. The Kier molecular flexibility index (Phi) is 7.76. The summed E-state index contributed by atoms with van der Waals surface area (Å²) in [5.74, 6) is 0.111. The van der Waals surface area contributed by atoms with E-state index in [1.807, 2.05) is 26.0 Å². The van der Waals surface area contributed by atoms with Crippen molar-refractivity contribution in [3.05, 3.63) is 88.7 Å². The van der Waals surface area contributed by atoms with Gasteiger partial charge in [0.05, 0.1) is 17.5 Å². The van der Waals surface area contributed by atoms with Crippen LogP contribution in [0.2, 0.25) is 0 Å². The van der Waals surface area contributed by atoms with Crippen molar-refractivity contribution in [3.63, 3.8) is 0 Å². The lowest BCUT2D eigenvalue weighted by atomic mass is 9.74. The molecule has 0 aliphatic heterocycles. The summed E-state index contributed by atoms with van der Waals surface area (Å²) in [5.41, 5.74) is 1.18. The normalized spacial score (nSPS) is 16.1. The van der Waals surface area contributed by atoms with Crippen molar-refractivity contribution < 1.29 is 23.1 Å². The monoisotopic (exact) mass is 511 g/mol. The second-order valence-corrected chi connectivity index (χ2v) is 9.97. The molecule has 1 heterocycles. The van der Waals surface area contributed by atoms with Crippen LogP contribution in [-0.2, 0) is 11.7 Å². The van der Waals surface area contributed by atoms with Crippen molar-refractivity contribution in [2.45, 2.75) is 64.1 Å². The highest BCUT2D eigenvalue weighted by Crippen LogP contribution is 2.41. The van der Waals surface area contributed by atoms with Crippen LogP contribution >= 0.6 is 0 Å². The summed E-state index contributed by atoms with van der Waals surface area (Å²) in [6.45, 7) is 3.91. The van der Waals surface area contributed by atoms with Gasteiger partial charge in [-0.2, -0.15) is 13.2 Å². The molecular weight excluding hydrogens is 479 g/mol. The number of hydrogen-bond acceptors (Lipinski definition) is 3. The molecule has 37 heavy (non-hydrogen) atoms. The molecule has 1 aliphatic rings. The lowest BCUT2D eigenvalue weighted by Gasteiger charge is -2.39. The van der Waals surface area contributed by atoms with E-state index in [1.165, 1.54) is 18.3 Å². The van der Waals surface area contributed by atoms with Crippen LogP contribution in [0.25, 0.3) is 0 Å². The first-order valence-electron chi connectivity index (χ1n) is 12.6. The average molecular weight is 512 g/mol. The van der Waals surface area contributed by atoms with E-state index >= 15 is 0 Å². The Labute approximate surface area is 215 Å². The van der Waals surface area contributed by atoms with Gasteiger partial charge < -0.3 is 15.7 Å². The van der Waals surface area contributed by atoms with Crippen molar-refractivity contribution in [1.82, 2.24) is 10.3 Å². The highest BCUT2D eigenvalue weighted by atomic mass is 19.4. The largest absolute Gasteiger partial charge is 0.506 e. The number of benzene rings is 2. The summed E-state index contributed by atoms with van der Waals surface area (Å²) in [6.07, 6.45) is 2.09. The molecule has 0 spiro atoms. The predicted molar refractivity (Wildman–Crippen MR) is 137 cm³/mol. The van der Waals surface area contributed by atoms with E-state index in [-0.39, 0.29) is 11.7 Å². The third-order valence-corrected chi connectivity index (χ3v) is 7.28. The van der Waals surface area contributed by atoms with Crippen molar-refractivity contribution in [2.24, 2.45) is 5.92 Å². The van der Waals surface area contributed by atoms with Gasteiger partial charge in [-0.1, -0.05) is 50.3 Å². The molecule has 196 valence electrons. The zero-order valence-corrected chi connectivity index (χ0v) is 21.0. The standard InChI is InChI=1S/C29H32F3N3O2/c1-19-11-12-24(15-20(19)2)34-27(37)35-28(17-21-7-4-3-5-8-21,26-14-13-25(36)18-33-26)22-9-6-10-23(16-22)29(30,31)32/h6,9-16,18,21,36H,3-5,7-8,17H2,1-2H3,(H2,34,35,37). The molecule has 8 heteroatoms. The minimum absolute atomic E-state index is 0.0704. The maximum Gasteiger partial charge on any atom is 0.416 e. The van der Waals surface area contributed by atoms with E-state index in [0.29, 0.717) is 23.4 Å². The molecule has 3 aromatic rings. The van der Waals surface area contributed by atoms with Gasteiger partial charge in [-0.3, -0.25) is 4.98 Å². The van der Waals surface area contributed by atoms with Gasteiger partial charge >= 0.3 is 12.2 Å². The van der Waals surface area contributed by atoms with Crippen molar-refractivity contribution in [1.29, 1.82) is 0 Å². The summed E-state index contributed by atoms with van der Waals surface area (Å²) in [4.78, 5) is 17.8. The first-order chi connectivity index (χ1) is 17.6. The molecule has 2 aromatic carbocycles. The molecule has 1 aromatic heterocycles. The molecule has 4 rings (SSSR count). The molecule has 0 saturated heterocycles. The fourth-order valence-electron chi connectivity index (χ4n) is 5.16. The van der Waals surface area contributed by atoms with Crippen molar-refractivity contribution in [3.8, 4) is 5.75 Å². The summed E-state index contributed by atoms with van der Waals surface area (Å²) in [5, 5.41) is 15.8. The predicted octanol–water partition coefficient (Wildman–Crippen LogP) is 7.46. The van der Waals surface area contributed by atoms with Gasteiger partial charge in [0.1, 0.15) is 11.3 Å². The molecule has 5 nitrogen and oxygen atoms in total. The topological polar surface area (TPSA) is 74.2 Å². The second kappa shape index (κ2) is 10.8. The van der Waals surface area contributed by atoms with Crippen LogP contribution in [0.15, 0.2) is 60.8 Å². The SMILES string of the molecule is Cc1ccc(NC(=O)NC(CC2CCCCC2)(c2cccc(C(F)(F)F)c2)c2ccc(O)cn2)cc1C. The van der Waals surface area contributed by atoms with Crippen LogP contribution in [-0.4, -0.2) is 16.1 Å². The zero-order valence-electron chi connectivity index (χ0n) is 21.0. The fourth-order valence-corrected chi connectivity index (χ4v) is 5.16. The number of aromatic nitrogens is 1. The number of aromatic hydroxyl groups is 1. The Hall–Kier alpha value is -3.55. The van der Waals surface area contributed by atoms with Gasteiger partial charge in [-0.15, -0.1) is 0 Å². The molecule has 2 amide bonds. The molecule has 1 fully saturated rings. The van der Waals surface area contributed by atoms with E-state index in [0.717, 1.165) is 55.4 Å². The quantitative estimate of drug-likeness (QED) is 0.322. The average Bonchev–Trinajstić information content (AvgIpc) is 2.86. The number of hydrogen-bond donors (Lipinski definition) is 3. The summed E-state index contributed by atoms with van der Waals surface area (Å²) in [6, 6.07) is 13.1. The maximum atomic E-state index is 13.7. The Morgan fingerprint density at radius 3 is 2.35 bits per heavy atom. The minimum atomic E-state index is -4.54. The number of rotatable bonds is 6. The fraction of sp³-hybridized carbons (Fsp3) is 0.379. The minimum Gasteiger partial charge on any atom is -0.506 e. The number of carbonyl (C=O) groups excluding carboxylic acids is 1. The third kappa shape index (κ3) is 6.24.